The molecule has 2 N–H and O–H groups in total. The van der Waals surface area contributed by atoms with Crippen LogP contribution < -0.4 is 4.74 Å². The number of rotatable bonds is 2. The van der Waals surface area contributed by atoms with Crippen LogP contribution in [0.15, 0.2) is 48.5 Å². The summed E-state index contributed by atoms with van der Waals surface area (Å²) >= 11 is 0. The Morgan fingerprint density at radius 3 is 2.86 bits per heavy atom. The van der Waals surface area contributed by atoms with Crippen LogP contribution in [0.25, 0.3) is 10.9 Å². The summed E-state index contributed by atoms with van der Waals surface area (Å²) in [6.45, 7) is 0. The van der Waals surface area contributed by atoms with Crippen LogP contribution in [0.5, 0.6) is 5.75 Å². The van der Waals surface area contributed by atoms with Crippen molar-refractivity contribution < 1.29 is 9.84 Å². The molecule has 0 saturated heterocycles. The molecule has 3 heteroatoms. The lowest BCUT2D eigenvalue weighted by atomic mass is 9.96. The summed E-state index contributed by atoms with van der Waals surface area (Å²) in [5.41, 5.74) is 4.60. The molecule has 1 aromatic heterocycles. The van der Waals surface area contributed by atoms with E-state index in [1.165, 1.54) is 11.1 Å². The third-order valence-corrected chi connectivity index (χ3v) is 4.39. The maximum atomic E-state index is 10.4. The highest BCUT2D eigenvalue weighted by Gasteiger charge is 2.32. The Morgan fingerprint density at radius 2 is 2.00 bits per heavy atom. The second-order valence-corrected chi connectivity index (χ2v) is 5.63. The lowest BCUT2D eigenvalue weighted by Crippen LogP contribution is -2.14. The van der Waals surface area contributed by atoms with Gasteiger partial charge in [0.05, 0.1) is 19.1 Å². The number of nitrogens with one attached hydrogen (secondary N) is 1. The van der Waals surface area contributed by atoms with Gasteiger partial charge in [-0.1, -0.05) is 24.3 Å². The van der Waals surface area contributed by atoms with E-state index in [0.29, 0.717) is 0 Å². The molecule has 0 bridgehead atoms. The average molecular weight is 279 g/mol. The number of H-pyrrole nitrogens is 1. The molecular formula is C18H17NO2. The minimum Gasteiger partial charge on any atom is -0.497 e. The standard InChI is InChI=1S/C18H17NO2/c1-21-13-6-7-15-12(8-13)9-16(19-15)18-14-5-3-2-4-11(14)10-17(18)20/h2-9,17-20H,10H2,1H3. The number of aliphatic hydroxyl groups is 1. The topological polar surface area (TPSA) is 45.2 Å². The van der Waals surface area contributed by atoms with Crippen LogP contribution in [-0.4, -0.2) is 23.3 Å². The molecule has 0 aliphatic heterocycles. The van der Waals surface area contributed by atoms with Crippen LogP contribution in [0.4, 0.5) is 0 Å². The number of aromatic amines is 1. The fourth-order valence-corrected chi connectivity index (χ4v) is 3.38. The van der Waals surface area contributed by atoms with Crippen molar-refractivity contribution in [3.05, 3.63) is 65.4 Å². The number of aromatic nitrogens is 1. The number of aliphatic hydroxyl groups excluding tert-OH is 1. The van der Waals surface area contributed by atoms with E-state index in [1.807, 2.05) is 30.3 Å². The Balaban J connectivity index is 1.83. The van der Waals surface area contributed by atoms with Crippen LogP contribution >= 0.6 is 0 Å². The molecule has 3 aromatic rings. The number of benzene rings is 2. The Morgan fingerprint density at radius 1 is 1.14 bits per heavy atom. The maximum Gasteiger partial charge on any atom is 0.119 e. The van der Waals surface area contributed by atoms with Crippen molar-refractivity contribution in [3.8, 4) is 5.75 Å². The minimum absolute atomic E-state index is 0.0274. The van der Waals surface area contributed by atoms with Crippen LogP contribution in [0.2, 0.25) is 0 Å². The van der Waals surface area contributed by atoms with E-state index < -0.39 is 0 Å². The molecule has 106 valence electrons. The zero-order valence-corrected chi connectivity index (χ0v) is 11.8. The van der Waals surface area contributed by atoms with Crippen LogP contribution in [0.1, 0.15) is 22.7 Å². The molecule has 2 unspecified atom stereocenters. The predicted molar refractivity (Wildman–Crippen MR) is 82.8 cm³/mol. The highest BCUT2D eigenvalue weighted by molar-refractivity contribution is 5.82. The summed E-state index contributed by atoms with van der Waals surface area (Å²) in [5, 5.41) is 11.6. The van der Waals surface area contributed by atoms with E-state index in [0.717, 1.165) is 28.8 Å². The van der Waals surface area contributed by atoms with Gasteiger partial charge >= 0.3 is 0 Å². The van der Waals surface area contributed by atoms with Gasteiger partial charge in [-0.05, 0) is 41.8 Å². The Labute approximate surface area is 123 Å². The van der Waals surface area contributed by atoms with Gasteiger partial charge in [-0.15, -0.1) is 0 Å². The Kier molecular flexibility index (Phi) is 2.76. The van der Waals surface area contributed by atoms with Gasteiger partial charge in [-0.3, -0.25) is 0 Å². The first-order chi connectivity index (χ1) is 10.3. The van der Waals surface area contributed by atoms with E-state index >= 15 is 0 Å². The molecule has 0 spiro atoms. The molecule has 1 heterocycles. The highest BCUT2D eigenvalue weighted by Crippen LogP contribution is 2.39. The molecule has 4 rings (SSSR count). The summed E-state index contributed by atoms with van der Waals surface area (Å²) in [5.74, 6) is 0.875. The van der Waals surface area contributed by atoms with Crippen molar-refractivity contribution in [2.24, 2.45) is 0 Å². The Bertz CT molecular complexity index is 806. The third-order valence-electron chi connectivity index (χ3n) is 4.39. The summed E-state index contributed by atoms with van der Waals surface area (Å²) in [4.78, 5) is 3.44. The molecule has 0 amide bonds. The molecule has 0 fully saturated rings. The lowest BCUT2D eigenvalue weighted by molar-refractivity contribution is 0.168. The van der Waals surface area contributed by atoms with Gasteiger partial charge in [0.25, 0.3) is 0 Å². The first-order valence-electron chi connectivity index (χ1n) is 7.19. The van der Waals surface area contributed by atoms with Gasteiger partial charge in [0, 0.05) is 16.6 Å². The van der Waals surface area contributed by atoms with Crippen molar-refractivity contribution >= 4 is 10.9 Å². The number of ether oxygens (including phenoxy) is 1. The monoisotopic (exact) mass is 279 g/mol. The van der Waals surface area contributed by atoms with Gasteiger partial charge in [0.1, 0.15) is 5.75 Å². The molecule has 1 aliphatic rings. The van der Waals surface area contributed by atoms with Gasteiger partial charge in [0.2, 0.25) is 0 Å². The quantitative estimate of drug-likeness (QED) is 0.756. The van der Waals surface area contributed by atoms with Crippen molar-refractivity contribution in [2.45, 2.75) is 18.4 Å². The minimum atomic E-state index is -0.364. The number of fused-ring (bicyclic) bond motifs is 2. The maximum absolute atomic E-state index is 10.4. The van der Waals surface area contributed by atoms with Crippen molar-refractivity contribution in [1.29, 1.82) is 0 Å². The first-order valence-corrected chi connectivity index (χ1v) is 7.19. The van der Waals surface area contributed by atoms with E-state index in [4.69, 9.17) is 4.74 Å². The van der Waals surface area contributed by atoms with Gasteiger partial charge in [-0.2, -0.15) is 0 Å². The summed E-state index contributed by atoms with van der Waals surface area (Å²) < 4.78 is 5.27. The van der Waals surface area contributed by atoms with E-state index in [1.54, 1.807) is 7.11 Å². The SMILES string of the molecule is COc1ccc2[nH]c(C3c4ccccc4CC3O)cc2c1. The molecule has 0 saturated carbocycles. The molecular weight excluding hydrogens is 262 g/mol. The van der Waals surface area contributed by atoms with Gasteiger partial charge in [-0.25, -0.2) is 0 Å². The van der Waals surface area contributed by atoms with Crippen LogP contribution in [0.3, 0.4) is 0 Å². The second kappa shape index (κ2) is 4.64. The van der Waals surface area contributed by atoms with Crippen LogP contribution in [0, 0.1) is 0 Å². The predicted octanol–water partition coefficient (Wildman–Crippen LogP) is 3.23. The lowest BCUT2D eigenvalue weighted by Gasteiger charge is -2.14. The number of hydrogen-bond acceptors (Lipinski definition) is 2. The molecule has 3 nitrogen and oxygen atoms in total. The van der Waals surface area contributed by atoms with Crippen LogP contribution in [-0.2, 0) is 6.42 Å². The molecule has 2 atom stereocenters. The van der Waals surface area contributed by atoms with Crippen molar-refractivity contribution in [2.75, 3.05) is 7.11 Å². The molecule has 21 heavy (non-hydrogen) atoms. The largest absolute Gasteiger partial charge is 0.497 e. The fourth-order valence-electron chi connectivity index (χ4n) is 3.38. The van der Waals surface area contributed by atoms with Gasteiger partial charge in [0.15, 0.2) is 0 Å². The summed E-state index contributed by atoms with van der Waals surface area (Å²) in [6.07, 6.45) is 0.358. The molecule has 0 radical (unpaired) electrons. The molecule has 2 aromatic carbocycles. The normalized spacial score (nSPS) is 20.7. The summed E-state index contributed by atoms with van der Waals surface area (Å²) in [7, 11) is 1.67. The van der Waals surface area contributed by atoms with Crippen molar-refractivity contribution in [3.63, 3.8) is 0 Å². The first kappa shape index (κ1) is 12.5. The third kappa shape index (κ3) is 1.93. The Hall–Kier alpha value is -2.26. The second-order valence-electron chi connectivity index (χ2n) is 5.63. The van der Waals surface area contributed by atoms with Crippen molar-refractivity contribution in [1.82, 2.24) is 4.98 Å². The zero-order chi connectivity index (χ0) is 14.4. The van der Waals surface area contributed by atoms with Gasteiger partial charge < -0.3 is 14.8 Å². The molecule has 1 aliphatic carbocycles. The zero-order valence-electron chi connectivity index (χ0n) is 11.8. The summed E-state index contributed by atoms with van der Waals surface area (Å²) in [6, 6.07) is 16.4. The van der Waals surface area contributed by atoms with E-state index in [2.05, 4.69) is 23.2 Å². The van der Waals surface area contributed by atoms with E-state index in [9.17, 15) is 5.11 Å². The van der Waals surface area contributed by atoms with E-state index in [-0.39, 0.29) is 12.0 Å². The number of hydrogen-bond donors (Lipinski definition) is 2. The highest BCUT2D eigenvalue weighted by atomic mass is 16.5. The number of methoxy groups -OCH3 is 1. The fraction of sp³-hybridized carbons (Fsp3) is 0.222. The smallest absolute Gasteiger partial charge is 0.119 e. The average Bonchev–Trinajstić information content (AvgIpc) is 3.05.